The zero-order valence-corrected chi connectivity index (χ0v) is 14.0. The summed E-state index contributed by atoms with van der Waals surface area (Å²) < 4.78 is 6.38. The van der Waals surface area contributed by atoms with Crippen molar-refractivity contribution in [1.82, 2.24) is 10.1 Å². The molecule has 1 heterocycles. The molecule has 0 spiro atoms. The van der Waals surface area contributed by atoms with E-state index in [-0.39, 0.29) is 0 Å². The van der Waals surface area contributed by atoms with Gasteiger partial charge in [-0.05, 0) is 49.3 Å². The Balaban J connectivity index is 1.82. The van der Waals surface area contributed by atoms with Crippen LogP contribution in [-0.2, 0) is 0 Å². The van der Waals surface area contributed by atoms with E-state index in [1.165, 1.54) is 12.8 Å². The monoisotopic (exact) mass is 349 g/mol. The summed E-state index contributed by atoms with van der Waals surface area (Å²) in [5, 5.41) is 4.18. The first-order valence-electron chi connectivity index (χ1n) is 7.34. The second-order valence-electron chi connectivity index (χ2n) is 6.63. The van der Waals surface area contributed by atoms with Gasteiger partial charge in [-0.1, -0.05) is 34.9 Å². The fraction of sp³-hybridized carbons (Fsp3) is 0.500. The second-order valence-corrected chi connectivity index (χ2v) is 7.54. The van der Waals surface area contributed by atoms with Gasteiger partial charge in [0, 0.05) is 16.1 Å². The topological polar surface area (TPSA) is 64.9 Å². The van der Waals surface area contributed by atoms with Gasteiger partial charge in [-0.3, -0.25) is 0 Å². The molecule has 4 nitrogen and oxygen atoms in total. The van der Waals surface area contributed by atoms with Gasteiger partial charge < -0.3 is 10.3 Å². The van der Waals surface area contributed by atoms with Crippen LogP contribution < -0.4 is 5.73 Å². The summed E-state index contributed by atoms with van der Waals surface area (Å²) in [5.41, 5.74) is 7.88. The Morgan fingerprint density at radius 1 is 1.29 bits per heavy atom. The summed E-state index contributed by atoms with van der Waals surface area (Å²) in [6.07, 6.45) is 4.67. The van der Waals surface area contributed by atoms with Gasteiger partial charge in [0.05, 0.1) is 5.56 Å². The molecule has 1 aromatic heterocycles. The van der Waals surface area contributed by atoms with Gasteiger partial charge in [0.25, 0.3) is 5.89 Å². The highest BCUT2D eigenvalue weighted by Gasteiger charge is 2.30. The minimum Gasteiger partial charge on any atom is -0.398 e. The molecule has 1 saturated carbocycles. The zero-order chi connectivity index (χ0) is 15.0. The minimum atomic E-state index is 0.406. The van der Waals surface area contributed by atoms with Crippen molar-refractivity contribution in [2.45, 2.75) is 45.4 Å². The molecule has 112 valence electrons. The van der Waals surface area contributed by atoms with Crippen molar-refractivity contribution >= 4 is 21.6 Å². The molecule has 5 heteroatoms. The van der Waals surface area contributed by atoms with Crippen LogP contribution in [0.1, 0.15) is 51.3 Å². The maximum atomic E-state index is 6.00. The predicted octanol–water partition coefficient (Wildman–Crippen LogP) is 4.77. The number of hydrogen-bond acceptors (Lipinski definition) is 4. The lowest BCUT2D eigenvalue weighted by Gasteiger charge is -2.32. The lowest BCUT2D eigenvalue weighted by molar-refractivity contribution is 0.218. The van der Waals surface area contributed by atoms with Crippen LogP contribution in [0.5, 0.6) is 0 Å². The molecule has 21 heavy (non-hydrogen) atoms. The molecule has 1 aliphatic carbocycles. The van der Waals surface area contributed by atoms with Gasteiger partial charge >= 0.3 is 0 Å². The Hall–Kier alpha value is -1.36. The van der Waals surface area contributed by atoms with Crippen LogP contribution in [0.15, 0.2) is 27.2 Å². The fourth-order valence-corrected chi connectivity index (χ4v) is 3.24. The third-order valence-electron chi connectivity index (χ3n) is 4.39. The van der Waals surface area contributed by atoms with Crippen molar-refractivity contribution in [3.05, 3.63) is 28.5 Å². The largest absolute Gasteiger partial charge is 0.398 e. The Bertz CT molecular complexity index is 641. The van der Waals surface area contributed by atoms with Gasteiger partial charge in [-0.25, -0.2) is 0 Å². The normalized spacial score (nSPS) is 18.8. The van der Waals surface area contributed by atoms with E-state index >= 15 is 0 Å². The molecule has 1 aromatic carbocycles. The smallest absolute Gasteiger partial charge is 0.260 e. The van der Waals surface area contributed by atoms with Crippen molar-refractivity contribution in [2.24, 2.45) is 5.41 Å². The average molecular weight is 350 g/mol. The summed E-state index contributed by atoms with van der Waals surface area (Å²) in [5.74, 6) is 1.73. The summed E-state index contributed by atoms with van der Waals surface area (Å²) in [4.78, 5) is 4.58. The highest BCUT2D eigenvalue weighted by atomic mass is 79.9. The summed E-state index contributed by atoms with van der Waals surface area (Å²) >= 11 is 3.44. The molecule has 2 aromatic rings. The SMILES string of the molecule is CC1(C)CCC(c2noc(-c3cc(Br)ccc3N)n2)CC1. The molecule has 0 amide bonds. The molecule has 2 N–H and O–H groups in total. The van der Waals surface area contributed by atoms with Crippen LogP contribution in [0.2, 0.25) is 0 Å². The number of anilines is 1. The molecular formula is C16H20BrN3O. The third-order valence-corrected chi connectivity index (χ3v) is 4.89. The number of halogens is 1. The molecule has 0 aliphatic heterocycles. The van der Waals surface area contributed by atoms with Crippen LogP contribution in [-0.4, -0.2) is 10.1 Å². The Morgan fingerprint density at radius 2 is 2.00 bits per heavy atom. The van der Waals surface area contributed by atoms with E-state index in [1.54, 1.807) is 0 Å². The van der Waals surface area contributed by atoms with E-state index < -0.39 is 0 Å². The van der Waals surface area contributed by atoms with Crippen molar-refractivity contribution in [1.29, 1.82) is 0 Å². The van der Waals surface area contributed by atoms with Crippen molar-refractivity contribution < 1.29 is 4.52 Å². The van der Waals surface area contributed by atoms with Crippen molar-refractivity contribution in [3.63, 3.8) is 0 Å². The first-order chi connectivity index (χ1) is 9.94. The molecule has 0 atom stereocenters. The lowest BCUT2D eigenvalue weighted by atomic mass is 9.73. The maximum Gasteiger partial charge on any atom is 0.260 e. The Morgan fingerprint density at radius 3 is 2.71 bits per heavy atom. The quantitative estimate of drug-likeness (QED) is 0.793. The summed E-state index contributed by atoms with van der Waals surface area (Å²) in [7, 11) is 0. The average Bonchev–Trinajstić information content (AvgIpc) is 2.91. The molecule has 1 fully saturated rings. The maximum absolute atomic E-state index is 6.00. The highest BCUT2D eigenvalue weighted by molar-refractivity contribution is 9.10. The van der Waals surface area contributed by atoms with Gasteiger partial charge in [0.15, 0.2) is 5.82 Å². The third kappa shape index (κ3) is 3.12. The number of nitrogens with two attached hydrogens (primary N) is 1. The minimum absolute atomic E-state index is 0.406. The van der Waals surface area contributed by atoms with Crippen LogP contribution in [0.25, 0.3) is 11.5 Å². The molecule has 3 rings (SSSR count). The predicted molar refractivity (Wildman–Crippen MR) is 86.8 cm³/mol. The number of aromatic nitrogens is 2. The summed E-state index contributed by atoms with van der Waals surface area (Å²) in [6, 6.07) is 5.66. The van der Waals surface area contributed by atoms with Gasteiger partial charge in [0.1, 0.15) is 0 Å². The van der Waals surface area contributed by atoms with E-state index in [9.17, 15) is 0 Å². The van der Waals surface area contributed by atoms with Crippen LogP contribution in [0.4, 0.5) is 5.69 Å². The van der Waals surface area contributed by atoms with Crippen molar-refractivity contribution in [2.75, 3.05) is 5.73 Å². The molecular weight excluding hydrogens is 330 g/mol. The number of nitrogen functional groups attached to an aromatic ring is 1. The van der Waals surface area contributed by atoms with Crippen LogP contribution in [0.3, 0.4) is 0 Å². The first kappa shape index (κ1) is 14.6. The molecule has 0 unspecified atom stereocenters. The number of hydrogen-bond donors (Lipinski definition) is 1. The number of benzene rings is 1. The highest BCUT2D eigenvalue weighted by Crippen LogP contribution is 2.42. The van der Waals surface area contributed by atoms with Gasteiger partial charge in [-0.15, -0.1) is 0 Å². The lowest BCUT2D eigenvalue weighted by Crippen LogP contribution is -2.20. The number of rotatable bonds is 2. The molecule has 0 radical (unpaired) electrons. The molecule has 1 aliphatic rings. The Labute approximate surface area is 133 Å². The first-order valence-corrected chi connectivity index (χ1v) is 8.13. The van der Waals surface area contributed by atoms with Crippen molar-refractivity contribution in [3.8, 4) is 11.5 Å². The number of nitrogens with zero attached hydrogens (tertiary/aromatic N) is 2. The zero-order valence-electron chi connectivity index (χ0n) is 12.4. The molecule has 0 bridgehead atoms. The van der Waals surface area contributed by atoms with E-state index in [2.05, 4.69) is 39.9 Å². The van der Waals surface area contributed by atoms with Crippen LogP contribution >= 0.6 is 15.9 Å². The van der Waals surface area contributed by atoms with Gasteiger partial charge in [-0.2, -0.15) is 4.98 Å². The fourth-order valence-electron chi connectivity index (χ4n) is 2.88. The Kier molecular flexibility index (Phi) is 3.78. The van der Waals surface area contributed by atoms with Gasteiger partial charge in [0.2, 0.25) is 0 Å². The molecule has 0 saturated heterocycles. The van der Waals surface area contributed by atoms with Crippen LogP contribution in [0, 0.1) is 5.41 Å². The summed E-state index contributed by atoms with van der Waals surface area (Å²) in [6.45, 7) is 4.65. The van der Waals surface area contributed by atoms with E-state index in [0.717, 1.165) is 28.7 Å². The standard InChI is InChI=1S/C16H20BrN3O/c1-16(2)7-5-10(6-8-16)14-19-15(21-20-14)12-9-11(17)3-4-13(12)18/h3-4,9-10H,5-8,18H2,1-2H3. The van der Waals surface area contributed by atoms with E-state index in [1.807, 2.05) is 18.2 Å². The van der Waals surface area contributed by atoms with E-state index in [0.29, 0.717) is 22.9 Å². The second kappa shape index (κ2) is 5.44. The van der Waals surface area contributed by atoms with E-state index in [4.69, 9.17) is 10.3 Å².